The van der Waals surface area contributed by atoms with Crippen molar-refractivity contribution in [2.75, 3.05) is 0 Å². The van der Waals surface area contributed by atoms with E-state index in [4.69, 9.17) is 0 Å². The van der Waals surface area contributed by atoms with Gasteiger partial charge in [0.15, 0.2) is 0 Å². The fourth-order valence-corrected chi connectivity index (χ4v) is 7.51. The van der Waals surface area contributed by atoms with Gasteiger partial charge in [-0.05, 0) is 175 Å². The number of rotatable bonds is 0. The average molecular weight is 920 g/mol. The molecule has 0 N–H and O–H groups in total. The van der Waals surface area contributed by atoms with Gasteiger partial charge in [0.25, 0.3) is 0 Å². The van der Waals surface area contributed by atoms with Gasteiger partial charge in [-0.2, -0.15) is 0 Å². The van der Waals surface area contributed by atoms with Crippen molar-refractivity contribution in [3.63, 3.8) is 0 Å². The fourth-order valence-electron chi connectivity index (χ4n) is 7.51. The predicted molar refractivity (Wildman–Crippen MR) is 310 cm³/mol. The second-order valence-corrected chi connectivity index (χ2v) is 22.2. The lowest BCUT2D eigenvalue weighted by Crippen LogP contribution is -2.00. The lowest BCUT2D eigenvalue weighted by molar-refractivity contribution is 0.685. The standard InChI is InChI=1S/2C10H12.C10H8.2C9H10.5C4H10/c3*1-2-6-10-8-4-3-7-9(10)5-1;2*1-2-5-9-7-3-6-8(9)4-1;5*1-4(2)3/h2*1-2,5-6H,3-4,7-8H2;1-8H;2*1-2,4-5H,3,6-7H2;5*4H,1-3H3. The molecule has 0 nitrogen and oxygen atoms in total. The fraction of sp³-hybridized carbons (Fsp3) is 0.500. The van der Waals surface area contributed by atoms with Crippen molar-refractivity contribution in [1.29, 1.82) is 0 Å². The third-order valence-electron chi connectivity index (χ3n) is 10.2. The molecule has 0 saturated heterocycles. The van der Waals surface area contributed by atoms with Crippen LogP contribution in [0.2, 0.25) is 0 Å². The summed E-state index contributed by atoms with van der Waals surface area (Å²) in [6, 6.07) is 51.8. The second kappa shape index (κ2) is 38.4. The Labute approximate surface area is 422 Å². The van der Waals surface area contributed by atoms with Crippen molar-refractivity contribution in [2.24, 2.45) is 29.6 Å². The molecular formula is C68H102. The molecule has 0 fully saturated rings. The van der Waals surface area contributed by atoms with Gasteiger partial charge in [-0.1, -0.05) is 249 Å². The van der Waals surface area contributed by atoms with Gasteiger partial charge in [0.2, 0.25) is 0 Å². The van der Waals surface area contributed by atoms with Crippen molar-refractivity contribution >= 4 is 10.8 Å². The Balaban J connectivity index is 0.000000388. The first-order valence-corrected chi connectivity index (χ1v) is 27.2. The normalized spacial score (nSPS) is 13.1. The summed E-state index contributed by atoms with van der Waals surface area (Å²) in [6.45, 7) is 32.5. The minimum absolute atomic E-state index is 0.833. The van der Waals surface area contributed by atoms with E-state index in [0.29, 0.717) is 0 Å². The number of hydrogen-bond acceptors (Lipinski definition) is 0. The van der Waals surface area contributed by atoms with Crippen molar-refractivity contribution < 1.29 is 0 Å². The summed E-state index contributed by atoms with van der Waals surface area (Å²) in [5.74, 6) is 4.17. The summed E-state index contributed by atoms with van der Waals surface area (Å²) in [7, 11) is 0. The van der Waals surface area contributed by atoms with Gasteiger partial charge in [0, 0.05) is 0 Å². The molecule has 0 radical (unpaired) electrons. The number of hydrogen-bond donors (Lipinski definition) is 0. The van der Waals surface area contributed by atoms with E-state index in [2.05, 4.69) is 249 Å². The van der Waals surface area contributed by atoms with E-state index in [1.165, 1.54) is 101 Å². The van der Waals surface area contributed by atoms with Crippen LogP contribution >= 0.6 is 0 Å². The van der Waals surface area contributed by atoms with Gasteiger partial charge in [-0.3, -0.25) is 0 Å². The van der Waals surface area contributed by atoms with E-state index < -0.39 is 0 Å². The molecule has 0 saturated carbocycles. The van der Waals surface area contributed by atoms with E-state index in [1.54, 1.807) is 44.5 Å². The van der Waals surface area contributed by atoms with Crippen LogP contribution < -0.4 is 0 Å². The van der Waals surface area contributed by atoms with E-state index in [0.717, 1.165) is 29.6 Å². The number of benzene rings is 6. The van der Waals surface area contributed by atoms with E-state index in [9.17, 15) is 0 Å². The lowest BCUT2D eigenvalue weighted by atomic mass is 9.92. The van der Waals surface area contributed by atoms with Crippen LogP contribution in [0, 0.1) is 29.6 Å². The Morgan fingerprint density at radius 3 is 0.456 bits per heavy atom. The van der Waals surface area contributed by atoms with Crippen molar-refractivity contribution in [2.45, 2.75) is 194 Å². The molecule has 10 rings (SSSR count). The van der Waals surface area contributed by atoms with Crippen LogP contribution in [0.4, 0.5) is 0 Å². The maximum atomic E-state index is 2.26. The molecular weight excluding hydrogens is 817 g/mol. The Bertz CT molecular complexity index is 1780. The molecule has 68 heavy (non-hydrogen) atoms. The minimum atomic E-state index is 0.833. The molecule has 0 heterocycles. The maximum Gasteiger partial charge on any atom is -0.0184 e. The molecule has 0 aromatic heterocycles. The molecule has 0 unspecified atom stereocenters. The molecule has 4 aliphatic carbocycles. The summed E-state index contributed by atoms with van der Waals surface area (Å²) in [5, 5.41) is 2.62. The van der Waals surface area contributed by atoms with E-state index in [1.807, 2.05) is 0 Å². The molecule has 0 aliphatic heterocycles. The van der Waals surface area contributed by atoms with E-state index >= 15 is 0 Å². The highest BCUT2D eigenvalue weighted by molar-refractivity contribution is 5.82. The molecule has 0 amide bonds. The Kier molecular flexibility index (Phi) is 34.8. The first-order valence-electron chi connectivity index (χ1n) is 27.2. The van der Waals surface area contributed by atoms with Gasteiger partial charge in [0.1, 0.15) is 0 Å². The molecule has 4 aliphatic rings. The summed E-state index contributed by atoms with van der Waals surface area (Å²) >= 11 is 0. The molecule has 0 bridgehead atoms. The van der Waals surface area contributed by atoms with Gasteiger partial charge in [-0.15, -0.1) is 0 Å². The monoisotopic (exact) mass is 919 g/mol. The highest BCUT2D eigenvalue weighted by Crippen LogP contribution is 2.22. The van der Waals surface area contributed by atoms with Gasteiger partial charge in [0.05, 0.1) is 0 Å². The molecule has 6 aromatic rings. The summed E-state index contributed by atoms with van der Waals surface area (Å²) in [6.07, 6.45) is 18.7. The first kappa shape index (κ1) is 61.6. The van der Waals surface area contributed by atoms with Gasteiger partial charge >= 0.3 is 0 Å². The quantitative estimate of drug-likeness (QED) is 0.142. The third kappa shape index (κ3) is 32.4. The average Bonchev–Trinajstić information content (AvgIpc) is 4.00. The zero-order valence-electron chi connectivity index (χ0n) is 46.6. The van der Waals surface area contributed by atoms with Crippen LogP contribution in [0.15, 0.2) is 146 Å². The Hall–Kier alpha value is -4.42. The van der Waals surface area contributed by atoms with Crippen LogP contribution in [0.25, 0.3) is 10.8 Å². The topological polar surface area (TPSA) is 0 Å². The SMILES string of the molecule is CC(C)C.CC(C)C.CC(C)C.CC(C)C.CC(C)C.c1ccc2c(c1)CCC2.c1ccc2c(c1)CCC2.c1ccc2c(c1)CCCC2.c1ccc2c(c1)CCCC2.c1ccc2ccccc2c1. The third-order valence-corrected chi connectivity index (χ3v) is 10.2. The molecule has 0 heteroatoms. The Morgan fingerprint density at radius 1 is 0.191 bits per heavy atom. The summed E-state index contributed by atoms with van der Waals surface area (Å²) in [5.41, 5.74) is 12.6. The number of aryl methyl sites for hydroxylation is 8. The van der Waals surface area contributed by atoms with E-state index in [-0.39, 0.29) is 0 Å². The van der Waals surface area contributed by atoms with Crippen molar-refractivity contribution in [1.82, 2.24) is 0 Å². The zero-order valence-corrected chi connectivity index (χ0v) is 46.6. The van der Waals surface area contributed by atoms with Crippen LogP contribution in [-0.4, -0.2) is 0 Å². The largest absolute Gasteiger partial charge is 0.0630 e. The predicted octanol–water partition coefficient (Wildman–Crippen LogP) is 20.6. The molecule has 374 valence electrons. The van der Waals surface area contributed by atoms with Crippen LogP contribution in [0.1, 0.15) is 187 Å². The highest BCUT2D eigenvalue weighted by Gasteiger charge is 2.09. The minimum Gasteiger partial charge on any atom is -0.0630 e. The van der Waals surface area contributed by atoms with Crippen LogP contribution in [0.3, 0.4) is 0 Å². The van der Waals surface area contributed by atoms with Crippen LogP contribution in [0.5, 0.6) is 0 Å². The first-order chi connectivity index (χ1) is 32.5. The highest BCUT2D eigenvalue weighted by atomic mass is 14.1. The summed E-state index contributed by atoms with van der Waals surface area (Å²) in [4.78, 5) is 0. The van der Waals surface area contributed by atoms with Crippen molar-refractivity contribution in [3.05, 3.63) is 190 Å². The van der Waals surface area contributed by atoms with Gasteiger partial charge < -0.3 is 0 Å². The lowest BCUT2D eigenvalue weighted by Gasteiger charge is -2.13. The molecule has 6 aromatic carbocycles. The molecule has 0 spiro atoms. The van der Waals surface area contributed by atoms with Crippen molar-refractivity contribution in [3.8, 4) is 0 Å². The summed E-state index contributed by atoms with van der Waals surface area (Å²) < 4.78 is 0. The number of fused-ring (bicyclic) bond motifs is 5. The van der Waals surface area contributed by atoms with Gasteiger partial charge in [-0.25, -0.2) is 0 Å². The zero-order chi connectivity index (χ0) is 50.5. The molecule has 0 atom stereocenters. The maximum absolute atomic E-state index is 2.26. The second-order valence-electron chi connectivity index (χ2n) is 22.2. The Morgan fingerprint density at radius 2 is 0.309 bits per heavy atom. The smallest absolute Gasteiger partial charge is 0.0184 e. The van der Waals surface area contributed by atoms with Crippen LogP contribution in [-0.2, 0) is 51.4 Å².